The Bertz CT molecular complexity index is 614. The van der Waals surface area contributed by atoms with Gasteiger partial charge in [0.25, 0.3) is 0 Å². The van der Waals surface area contributed by atoms with Gasteiger partial charge in [0.15, 0.2) is 0 Å². The minimum atomic E-state index is -0.465. The molecule has 0 bridgehead atoms. The maximum Gasteiger partial charge on any atom is 0.334 e. The van der Waals surface area contributed by atoms with Gasteiger partial charge in [0, 0.05) is 13.2 Å². The first kappa shape index (κ1) is 12.8. The Morgan fingerprint density at radius 2 is 2.00 bits per heavy atom. The number of benzene rings is 1. The Balaban J connectivity index is 2.46. The fraction of sp³-hybridized carbons (Fsp3) is 0.154. The Labute approximate surface area is 110 Å². The summed E-state index contributed by atoms with van der Waals surface area (Å²) in [5.74, 6) is 0.687. The van der Waals surface area contributed by atoms with E-state index in [4.69, 9.17) is 4.74 Å². The Hall–Kier alpha value is -2.63. The molecule has 0 spiro atoms. The van der Waals surface area contributed by atoms with Gasteiger partial charge in [-0.1, -0.05) is 6.07 Å². The molecule has 1 aromatic heterocycles. The SMILES string of the molecule is CNc1cccc(Oc2cccnc2C)c1[N+](=O)[O-]. The smallest absolute Gasteiger partial charge is 0.334 e. The molecule has 0 aliphatic heterocycles. The molecule has 0 amide bonds. The third-order valence-electron chi connectivity index (χ3n) is 2.63. The minimum Gasteiger partial charge on any atom is -0.448 e. The highest BCUT2D eigenvalue weighted by Crippen LogP contribution is 2.37. The molecule has 19 heavy (non-hydrogen) atoms. The van der Waals surface area contributed by atoms with E-state index in [9.17, 15) is 10.1 Å². The van der Waals surface area contributed by atoms with Gasteiger partial charge in [-0.15, -0.1) is 0 Å². The highest BCUT2D eigenvalue weighted by atomic mass is 16.6. The van der Waals surface area contributed by atoms with Crippen LogP contribution in [0.25, 0.3) is 0 Å². The summed E-state index contributed by atoms with van der Waals surface area (Å²) >= 11 is 0. The average Bonchev–Trinajstić information content (AvgIpc) is 2.40. The molecule has 0 unspecified atom stereocenters. The second-order valence-electron chi connectivity index (χ2n) is 3.85. The van der Waals surface area contributed by atoms with Crippen molar-refractivity contribution >= 4 is 11.4 Å². The van der Waals surface area contributed by atoms with E-state index < -0.39 is 4.92 Å². The molecule has 0 fully saturated rings. The second kappa shape index (κ2) is 5.34. The van der Waals surface area contributed by atoms with Crippen molar-refractivity contribution in [2.75, 3.05) is 12.4 Å². The number of nitro groups is 1. The number of pyridine rings is 1. The van der Waals surface area contributed by atoms with Crippen LogP contribution in [0.4, 0.5) is 11.4 Å². The molecule has 1 heterocycles. The molecule has 1 N–H and O–H groups in total. The zero-order valence-electron chi connectivity index (χ0n) is 10.6. The summed E-state index contributed by atoms with van der Waals surface area (Å²) in [6, 6.07) is 8.32. The van der Waals surface area contributed by atoms with Crippen LogP contribution in [0, 0.1) is 17.0 Å². The average molecular weight is 259 g/mol. The van der Waals surface area contributed by atoms with Crippen molar-refractivity contribution in [1.29, 1.82) is 0 Å². The Morgan fingerprint density at radius 3 is 2.63 bits per heavy atom. The number of nitrogens with one attached hydrogen (secondary N) is 1. The van der Waals surface area contributed by atoms with Crippen LogP contribution in [0.1, 0.15) is 5.69 Å². The first-order valence-corrected chi connectivity index (χ1v) is 5.68. The number of nitrogens with zero attached hydrogens (tertiary/aromatic N) is 2. The van der Waals surface area contributed by atoms with Crippen LogP contribution < -0.4 is 10.1 Å². The van der Waals surface area contributed by atoms with Crippen molar-refractivity contribution < 1.29 is 9.66 Å². The van der Waals surface area contributed by atoms with Crippen molar-refractivity contribution in [2.24, 2.45) is 0 Å². The fourth-order valence-corrected chi connectivity index (χ4v) is 1.69. The van der Waals surface area contributed by atoms with Gasteiger partial charge < -0.3 is 10.1 Å². The zero-order valence-corrected chi connectivity index (χ0v) is 10.6. The van der Waals surface area contributed by atoms with Gasteiger partial charge in [-0.25, -0.2) is 0 Å². The fourth-order valence-electron chi connectivity index (χ4n) is 1.69. The molecule has 0 saturated carbocycles. The van der Waals surface area contributed by atoms with E-state index in [-0.39, 0.29) is 11.4 Å². The number of aryl methyl sites for hydroxylation is 1. The van der Waals surface area contributed by atoms with Crippen molar-refractivity contribution in [1.82, 2.24) is 4.98 Å². The number of anilines is 1. The monoisotopic (exact) mass is 259 g/mol. The largest absolute Gasteiger partial charge is 0.448 e. The lowest BCUT2D eigenvalue weighted by molar-refractivity contribution is -0.384. The molecular formula is C13H13N3O3. The van der Waals surface area contributed by atoms with E-state index in [0.717, 1.165) is 0 Å². The molecular weight excluding hydrogens is 246 g/mol. The van der Waals surface area contributed by atoms with Crippen LogP contribution in [-0.2, 0) is 0 Å². The molecule has 2 rings (SSSR count). The zero-order chi connectivity index (χ0) is 13.8. The van der Waals surface area contributed by atoms with Gasteiger partial charge in [0.1, 0.15) is 11.4 Å². The molecule has 0 saturated heterocycles. The van der Waals surface area contributed by atoms with Crippen LogP contribution >= 0.6 is 0 Å². The topological polar surface area (TPSA) is 77.3 Å². The molecule has 0 aliphatic rings. The number of para-hydroxylation sites is 1. The van der Waals surface area contributed by atoms with Crippen molar-refractivity contribution in [3.8, 4) is 11.5 Å². The number of rotatable bonds is 4. The van der Waals surface area contributed by atoms with Crippen LogP contribution in [0.15, 0.2) is 36.5 Å². The van der Waals surface area contributed by atoms with E-state index >= 15 is 0 Å². The summed E-state index contributed by atoms with van der Waals surface area (Å²) < 4.78 is 5.60. The standard InChI is InChI=1S/C13H13N3O3/c1-9-11(7-4-8-15-9)19-12-6-3-5-10(14-2)13(12)16(17)18/h3-8,14H,1-2H3. The second-order valence-corrected chi connectivity index (χ2v) is 3.85. The Morgan fingerprint density at radius 1 is 1.26 bits per heavy atom. The van der Waals surface area contributed by atoms with E-state index in [1.807, 2.05) is 0 Å². The third-order valence-corrected chi connectivity index (χ3v) is 2.63. The number of aromatic nitrogens is 1. The summed E-state index contributed by atoms with van der Waals surface area (Å²) in [5.41, 5.74) is 0.990. The number of ether oxygens (including phenoxy) is 1. The summed E-state index contributed by atoms with van der Waals surface area (Å²) in [7, 11) is 1.63. The molecule has 0 aliphatic carbocycles. The summed E-state index contributed by atoms with van der Waals surface area (Å²) in [6.45, 7) is 1.78. The van der Waals surface area contributed by atoms with E-state index in [0.29, 0.717) is 17.1 Å². The van der Waals surface area contributed by atoms with Crippen LogP contribution in [0.2, 0.25) is 0 Å². The lowest BCUT2D eigenvalue weighted by Crippen LogP contribution is -1.99. The van der Waals surface area contributed by atoms with Gasteiger partial charge in [-0.2, -0.15) is 0 Å². The van der Waals surface area contributed by atoms with E-state index in [2.05, 4.69) is 10.3 Å². The lowest BCUT2D eigenvalue weighted by Gasteiger charge is -2.10. The van der Waals surface area contributed by atoms with Gasteiger partial charge in [-0.3, -0.25) is 15.1 Å². The molecule has 2 aromatic rings. The van der Waals surface area contributed by atoms with Gasteiger partial charge in [0.05, 0.1) is 10.6 Å². The van der Waals surface area contributed by atoms with Crippen LogP contribution in [-0.4, -0.2) is 17.0 Å². The van der Waals surface area contributed by atoms with Crippen molar-refractivity contribution in [3.63, 3.8) is 0 Å². The van der Waals surface area contributed by atoms with E-state index in [1.54, 1.807) is 50.5 Å². The maximum absolute atomic E-state index is 11.1. The predicted octanol–water partition coefficient (Wildman–Crippen LogP) is 3.13. The summed E-state index contributed by atoms with van der Waals surface area (Å²) in [6.07, 6.45) is 1.64. The molecule has 0 atom stereocenters. The van der Waals surface area contributed by atoms with Crippen LogP contribution in [0.5, 0.6) is 11.5 Å². The van der Waals surface area contributed by atoms with Gasteiger partial charge in [-0.05, 0) is 31.2 Å². The third kappa shape index (κ3) is 2.62. The molecule has 0 radical (unpaired) electrons. The normalized spacial score (nSPS) is 10.0. The van der Waals surface area contributed by atoms with E-state index in [1.165, 1.54) is 0 Å². The summed E-state index contributed by atoms with van der Waals surface area (Å²) in [5, 5.41) is 13.9. The molecule has 6 heteroatoms. The number of hydrogen-bond donors (Lipinski definition) is 1. The summed E-state index contributed by atoms with van der Waals surface area (Å²) in [4.78, 5) is 14.8. The molecule has 1 aromatic carbocycles. The Kier molecular flexibility index (Phi) is 3.61. The number of hydrogen-bond acceptors (Lipinski definition) is 5. The first-order chi connectivity index (χ1) is 9.13. The van der Waals surface area contributed by atoms with Crippen molar-refractivity contribution in [3.05, 3.63) is 52.3 Å². The molecule has 98 valence electrons. The lowest BCUT2D eigenvalue weighted by atomic mass is 10.2. The van der Waals surface area contributed by atoms with Gasteiger partial charge >= 0.3 is 5.69 Å². The highest BCUT2D eigenvalue weighted by Gasteiger charge is 2.21. The quantitative estimate of drug-likeness (QED) is 0.674. The first-order valence-electron chi connectivity index (χ1n) is 5.68. The molecule has 6 nitrogen and oxygen atoms in total. The number of nitro benzene ring substituents is 1. The van der Waals surface area contributed by atoms with Crippen LogP contribution in [0.3, 0.4) is 0 Å². The van der Waals surface area contributed by atoms with Crippen molar-refractivity contribution in [2.45, 2.75) is 6.92 Å². The minimum absolute atomic E-state index is 0.0896. The maximum atomic E-state index is 11.1. The van der Waals surface area contributed by atoms with Gasteiger partial charge in [0.2, 0.25) is 5.75 Å². The predicted molar refractivity (Wildman–Crippen MR) is 71.7 cm³/mol. The highest BCUT2D eigenvalue weighted by molar-refractivity contribution is 5.68.